The third-order valence-corrected chi connectivity index (χ3v) is 4.83. The van der Waals surface area contributed by atoms with Crippen molar-refractivity contribution in [3.05, 3.63) is 29.8 Å². The normalized spacial score (nSPS) is 30.6. The maximum Gasteiger partial charge on any atom is 0.126 e. The summed E-state index contributed by atoms with van der Waals surface area (Å²) in [5.74, 6) is 1.62. The first-order valence-electron chi connectivity index (χ1n) is 7.69. The highest BCUT2D eigenvalue weighted by Crippen LogP contribution is 2.42. The number of aliphatic hydroxyl groups is 1. The molecule has 1 saturated heterocycles. The first kappa shape index (κ1) is 13.9. The molecule has 1 aromatic carbocycles. The molecular formula is C17H25NO2. The molecule has 3 rings (SSSR count). The van der Waals surface area contributed by atoms with Crippen molar-refractivity contribution in [1.82, 2.24) is 4.90 Å². The number of likely N-dealkylation sites (tertiary alicyclic amines) is 1. The number of hydrogen-bond donors (Lipinski definition) is 1. The molecular weight excluding hydrogens is 250 g/mol. The maximum absolute atomic E-state index is 10.9. The number of para-hydroxylation sites is 1. The van der Waals surface area contributed by atoms with E-state index in [1.54, 1.807) is 0 Å². The van der Waals surface area contributed by atoms with Gasteiger partial charge in [0.05, 0.1) is 6.04 Å². The van der Waals surface area contributed by atoms with Crippen LogP contribution in [0.4, 0.5) is 0 Å². The molecule has 20 heavy (non-hydrogen) atoms. The van der Waals surface area contributed by atoms with Crippen LogP contribution in [0.15, 0.2) is 24.3 Å². The number of fused-ring (bicyclic) bond motifs is 1. The smallest absolute Gasteiger partial charge is 0.126 e. The van der Waals surface area contributed by atoms with E-state index >= 15 is 0 Å². The Labute approximate surface area is 121 Å². The van der Waals surface area contributed by atoms with Crippen molar-refractivity contribution in [1.29, 1.82) is 0 Å². The van der Waals surface area contributed by atoms with E-state index in [9.17, 15) is 5.11 Å². The van der Waals surface area contributed by atoms with Gasteiger partial charge in [-0.15, -0.1) is 0 Å². The van der Waals surface area contributed by atoms with Crippen molar-refractivity contribution in [3.8, 4) is 5.75 Å². The maximum atomic E-state index is 10.9. The number of aliphatic hydroxyl groups excluding tert-OH is 1. The molecule has 0 saturated carbocycles. The van der Waals surface area contributed by atoms with Crippen molar-refractivity contribution >= 4 is 0 Å². The summed E-state index contributed by atoms with van der Waals surface area (Å²) in [5.41, 5.74) is 0.560. The summed E-state index contributed by atoms with van der Waals surface area (Å²) >= 11 is 0. The van der Waals surface area contributed by atoms with Crippen molar-refractivity contribution < 1.29 is 9.84 Å². The predicted octanol–water partition coefficient (Wildman–Crippen LogP) is 2.99. The van der Waals surface area contributed by atoms with Gasteiger partial charge in [-0.25, -0.2) is 0 Å². The zero-order valence-electron chi connectivity index (χ0n) is 12.7. The minimum atomic E-state index is -0.469. The SMILES string of the molecule is CC1CCN(C2C(O)c3ccccc3OC2(C)C)CC1. The fraction of sp³-hybridized carbons (Fsp3) is 0.647. The summed E-state index contributed by atoms with van der Waals surface area (Å²) in [6.45, 7) is 8.60. The number of piperidine rings is 1. The second-order valence-electron chi connectivity index (χ2n) is 6.85. The topological polar surface area (TPSA) is 32.7 Å². The molecule has 110 valence electrons. The number of hydrogen-bond acceptors (Lipinski definition) is 3. The summed E-state index contributed by atoms with van der Waals surface area (Å²) in [6, 6.07) is 7.90. The molecule has 0 amide bonds. The van der Waals surface area contributed by atoms with Gasteiger partial charge >= 0.3 is 0 Å². The monoisotopic (exact) mass is 275 g/mol. The Morgan fingerprint density at radius 3 is 2.55 bits per heavy atom. The number of rotatable bonds is 1. The second-order valence-corrected chi connectivity index (χ2v) is 6.85. The van der Waals surface area contributed by atoms with Gasteiger partial charge in [-0.3, -0.25) is 4.90 Å². The molecule has 3 heteroatoms. The molecule has 1 fully saturated rings. The lowest BCUT2D eigenvalue weighted by atomic mass is 9.83. The Hall–Kier alpha value is -1.06. The van der Waals surface area contributed by atoms with Gasteiger partial charge in [0, 0.05) is 5.56 Å². The van der Waals surface area contributed by atoms with Crippen molar-refractivity contribution in [2.75, 3.05) is 13.1 Å². The molecule has 2 heterocycles. The van der Waals surface area contributed by atoms with Gasteiger partial charge in [0.1, 0.15) is 17.5 Å². The number of ether oxygens (including phenoxy) is 1. The molecule has 2 unspecified atom stereocenters. The fourth-order valence-electron chi connectivity index (χ4n) is 3.66. The fourth-order valence-corrected chi connectivity index (χ4v) is 3.66. The Morgan fingerprint density at radius 2 is 1.85 bits per heavy atom. The lowest BCUT2D eigenvalue weighted by Gasteiger charge is -2.49. The number of benzene rings is 1. The van der Waals surface area contributed by atoms with Crippen molar-refractivity contribution in [2.24, 2.45) is 5.92 Å². The van der Waals surface area contributed by atoms with E-state index in [1.165, 1.54) is 12.8 Å². The molecule has 0 aliphatic carbocycles. The first-order chi connectivity index (χ1) is 9.49. The van der Waals surface area contributed by atoms with Gasteiger partial charge in [0.25, 0.3) is 0 Å². The zero-order chi connectivity index (χ0) is 14.3. The van der Waals surface area contributed by atoms with Crippen LogP contribution >= 0.6 is 0 Å². The zero-order valence-corrected chi connectivity index (χ0v) is 12.7. The van der Waals surface area contributed by atoms with Crippen LogP contribution in [0.1, 0.15) is 45.3 Å². The van der Waals surface area contributed by atoms with Gasteiger partial charge in [0.15, 0.2) is 0 Å². The van der Waals surface area contributed by atoms with Crippen LogP contribution in [0.5, 0.6) is 5.75 Å². The van der Waals surface area contributed by atoms with Crippen LogP contribution in [-0.4, -0.2) is 34.7 Å². The second kappa shape index (κ2) is 5.05. The molecule has 2 atom stereocenters. The highest BCUT2D eigenvalue weighted by atomic mass is 16.5. The van der Waals surface area contributed by atoms with Crippen LogP contribution in [0.2, 0.25) is 0 Å². The average molecular weight is 275 g/mol. The van der Waals surface area contributed by atoms with Crippen LogP contribution in [0, 0.1) is 5.92 Å². The average Bonchev–Trinajstić information content (AvgIpc) is 2.40. The van der Waals surface area contributed by atoms with E-state index in [2.05, 4.69) is 25.7 Å². The summed E-state index contributed by atoms with van der Waals surface area (Å²) in [4.78, 5) is 2.42. The van der Waals surface area contributed by atoms with Crippen molar-refractivity contribution in [2.45, 2.75) is 51.4 Å². The summed E-state index contributed by atoms with van der Waals surface area (Å²) < 4.78 is 6.18. The third kappa shape index (κ3) is 2.33. The summed E-state index contributed by atoms with van der Waals surface area (Å²) in [7, 11) is 0. The molecule has 2 aliphatic heterocycles. The Kier molecular flexibility index (Phi) is 3.51. The van der Waals surface area contributed by atoms with Crippen LogP contribution in [0.3, 0.4) is 0 Å². The van der Waals surface area contributed by atoms with Crippen LogP contribution in [-0.2, 0) is 0 Å². The third-order valence-electron chi connectivity index (χ3n) is 4.83. The molecule has 1 aromatic rings. The van der Waals surface area contributed by atoms with Crippen molar-refractivity contribution in [3.63, 3.8) is 0 Å². The minimum Gasteiger partial charge on any atom is -0.486 e. The quantitative estimate of drug-likeness (QED) is 0.855. The van der Waals surface area contributed by atoms with Crippen LogP contribution < -0.4 is 4.74 Å². The van der Waals surface area contributed by atoms with Gasteiger partial charge in [0.2, 0.25) is 0 Å². The Morgan fingerprint density at radius 1 is 1.20 bits per heavy atom. The molecule has 0 bridgehead atoms. The number of nitrogens with zero attached hydrogens (tertiary/aromatic N) is 1. The first-order valence-corrected chi connectivity index (χ1v) is 7.69. The van der Waals surface area contributed by atoms with E-state index in [0.29, 0.717) is 0 Å². The minimum absolute atomic E-state index is 0.0323. The van der Waals surface area contributed by atoms with E-state index < -0.39 is 6.10 Å². The molecule has 1 N–H and O–H groups in total. The highest BCUT2D eigenvalue weighted by Gasteiger charge is 2.46. The summed E-state index contributed by atoms with van der Waals surface area (Å²) in [6.07, 6.45) is 1.95. The molecule has 3 nitrogen and oxygen atoms in total. The summed E-state index contributed by atoms with van der Waals surface area (Å²) in [5, 5.41) is 10.9. The molecule has 0 aromatic heterocycles. The lowest BCUT2D eigenvalue weighted by Crippen LogP contribution is -2.59. The van der Waals surface area contributed by atoms with Gasteiger partial charge in [-0.05, 0) is 51.8 Å². The molecule has 0 spiro atoms. The van der Waals surface area contributed by atoms with E-state index in [-0.39, 0.29) is 11.6 Å². The van der Waals surface area contributed by atoms with E-state index in [0.717, 1.165) is 30.3 Å². The largest absolute Gasteiger partial charge is 0.486 e. The highest BCUT2D eigenvalue weighted by molar-refractivity contribution is 5.39. The molecule has 2 aliphatic rings. The van der Waals surface area contributed by atoms with Gasteiger partial charge < -0.3 is 9.84 Å². The van der Waals surface area contributed by atoms with Gasteiger partial charge in [-0.2, -0.15) is 0 Å². The Balaban J connectivity index is 1.90. The molecule has 0 radical (unpaired) electrons. The lowest BCUT2D eigenvalue weighted by molar-refractivity contribution is -0.0901. The standard InChI is InChI=1S/C17H25NO2/c1-12-8-10-18(11-9-12)16-15(19)13-6-4-5-7-14(13)20-17(16,2)3/h4-7,12,15-16,19H,8-11H2,1-3H3. The van der Waals surface area contributed by atoms with Gasteiger partial charge in [-0.1, -0.05) is 25.1 Å². The van der Waals surface area contributed by atoms with E-state index in [4.69, 9.17) is 4.74 Å². The van der Waals surface area contributed by atoms with Crippen LogP contribution in [0.25, 0.3) is 0 Å². The van der Waals surface area contributed by atoms with E-state index in [1.807, 2.05) is 24.3 Å². The predicted molar refractivity (Wildman–Crippen MR) is 79.9 cm³/mol. The Bertz CT molecular complexity index is 478.